The molecule has 0 bridgehead atoms. The summed E-state index contributed by atoms with van der Waals surface area (Å²) < 4.78 is 5.96. The highest BCUT2D eigenvalue weighted by Gasteiger charge is 1.82. The van der Waals surface area contributed by atoms with Crippen LogP contribution < -0.4 is 0 Å². The van der Waals surface area contributed by atoms with Gasteiger partial charge in [0.05, 0.1) is 12.9 Å². The summed E-state index contributed by atoms with van der Waals surface area (Å²) in [6, 6.07) is 0. The molecule has 3 heteroatoms. The molecule has 0 aliphatic carbocycles. The number of halogens is 1. The van der Waals surface area contributed by atoms with E-state index < -0.39 is 0 Å². The van der Waals surface area contributed by atoms with Crippen molar-refractivity contribution >= 4 is 25.2 Å². The Labute approximate surface area is 78.5 Å². The molecule has 62 valence electrons. The minimum atomic E-state index is 0.888. The Hall–Kier alpha value is -0.0700. The first-order valence-corrected chi connectivity index (χ1v) is 4.63. The van der Waals surface area contributed by atoms with Gasteiger partial charge in [0.25, 0.3) is 0 Å². The van der Waals surface area contributed by atoms with Crippen molar-refractivity contribution in [1.29, 1.82) is 0 Å². The highest BCUT2D eigenvalue weighted by Crippen LogP contribution is 2.08. The van der Waals surface area contributed by atoms with Gasteiger partial charge in [-0.05, 0) is 25.2 Å². The topological polar surface area (TPSA) is 9.23 Å². The van der Waals surface area contributed by atoms with Crippen LogP contribution in [0.2, 0.25) is 0 Å². The predicted molar refractivity (Wildman–Crippen MR) is 56.6 cm³/mol. The Bertz CT molecular complexity index is 194. The van der Waals surface area contributed by atoms with Crippen LogP contribution in [-0.2, 0) is 4.74 Å². The van der Waals surface area contributed by atoms with Crippen molar-refractivity contribution < 1.29 is 4.74 Å². The van der Waals surface area contributed by atoms with Crippen molar-refractivity contribution in [3.8, 4) is 0 Å². The van der Waals surface area contributed by atoms with E-state index in [9.17, 15) is 0 Å². The zero-order valence-electron chi connectivity index (χ0n) is 6.67. The highest BCUT2D eigenvalue weighted by atomic mass is 79.9. The quantitative estimate of drug-likeness (QED) is 0.414. The van der Waals surface area contributed by atoms with Crippen LogP contribution >= 0.6 is 25.2 Å². The van der Waals surface area contributed by atoms with Gasteiger partial charge < -0.3 is 4.74 Å². The molecule has 0 rings (SSSR count). The smallest absolute Gasteiger partial charge is 0.0924 e. The zero-order chi connectivity index (χ0) is 8.69. The van der Waals surface area contributed by atoms with Gasteiger partial charge in [-0.2, -0.15) is 0 Å². The van der Waals surface area contributed by atoms with Gasteiger partial charge in [0.1, 0.15) is 0 Å². The van der Waals surface area contributed by atoms with Crippen molar-refractivity contribution in [2.75, 3.05) is 7.11 Å². The molecule has 0 aromatic carbocycles. The molecule has 0 fully saturated rings. The van der Waals surface area contributed by atoms with E-state index in [1.165, 1.54) is 0 Å². The second-order valence-electron chi connectivity index (χ2n) is 1.89. The number of ether oxygens (including phenoxy) is 1. The zero-order valence-corrected chi connectivity index (χ0v) is 9.41. The Kier molecular flexibility index (Phi) is 6.59. The lowest BCUT2D eigenvalue weighted by Gasteiger charge is -1.94. The minimum absolute atomic E-state index is 0.888. The third-order valence-electron chi connectivity index (χ3n) is 1.05. The van der Waals surface area contributed by atoms with Crippen molar-refractivity contribution in [2.45, 2.75) is 6.92 Å². The van der Waals surface area contributed by atoms with E-state index in [1.54, 1.807) is 7.11 Å². The van der Waals surface area contributed by atoms with E-state index in [0.29, 0.717) is 0 Å². The molecule has 0 aliphatic rings. The first kappa shape index (κ1) is 10.9. The van der Waals surface area contributed by atoms with E-state index in [1.807, 2.05) is 31.0 Å². The maximum absolute atomic E-state index is 4.95. The van der Waals surface area contributed by atoms with Crippen LogP contribution in [0.1, 0.15) is 6.92 Å². The standard InChI is InChI=1S/C8H12BrOP/c1-7(10-2)3-4-8(9)5-6-11/h3-6H,11H2,1-2H3/b6-5+,7-3+,8-4+. The average molecular weight is 235 g/mol. The molecule has 1 unspecified atom stereocenters. The number of allylic oxidation sites excluding steroid dienone is 5. The highest BCUT2D eigenvalue weighted by molar-refractivity contribution is 9.11. The summed E-state index contributed by atoms with van der Waals surface area (Å²) >= 11 is 3.36. The van der Waals surface area contributed by atoms with Gasteiger partial charge in [0.15, 0.2) is 0 Å². The van der Waals surface area contributed by atoms with Crippen molar-refractivity contribution in [2.24, 2.45) is 0 Å². The molecule has 0 aromatic heterocycles. The fourth-order valence-electron chi connectivity index (χ4n) is 0.412. The van der Waals surface area contributed by atoms with Gasteiger partial charge in [-0.1, -0.05) is 21.7 Å². The molecule has 0 saturated carbocycles. The molecule has 0 aliphatic heterocycles. The van der Waals surface area contributed by atoms with Crippen LogP contribution in [0.15, 0.2) is 34.3 Å². The van der Waals surface area contributed by atoms with Crippen molar-refractivity contribution in [1.82, 2.24) is 0 Å². The van der Waals surface area contributed by atoms with Gasteiger partial charge in [-0.3, -0.25) is 0 Å². The SMILES string of the molecule is CO/C(C)=C/C=C(Br)\C=C\P. The van der Waals surface area contributed by atoms with Crippen LogP contribution in [0.25, 0.3) is 0 Å². The molecule has 11 heavy (non-hydrogen) atoms. The number of methoxy groups -OCH3 is 1. The van der Waals surface area contributed by atoms with E-state index in [2.05, 4.69) is 25.2 Å². The second kappa shape index (κ2) is 6.63. The summed E-state index contributed by atoms with van der Waals surface area (Å²) in [4.78, 5) is 0. The van der Waals surface area contributed by atoms with Crippen LogP contribution in [0.3, 0.4) is 0 Å². The van der Waals surface area contributed by atoms with Crippen LogP contribution in [0.5, 0.6) is 0 Å². The lowest BCUT2D eigenvalue weighted by molar-refractivity contribution is 0.294. The molecular formula is C8H12BrOP. The maximum Gasteiger partial charge on any atom is 0.0924 e. The van der Waals surface area contributed by atoms with E-state index in [4.69, 9.17) is 4.74 Å². The fourth-order valence-corrected chi connectivity index (χ4v) is 1.19. The Balaban J connectivity index is 4.10. The van der Waals surface area contributed by atoms with Crippen LogP contribution in [-0.4, -0.2) is 7.11 Å². The number of rotatable bonds is 3. The van der Waals surface area contributed by atoms with E-state index >= 15 is 0 Å². The molecule has 0 radical (unpaired) electrons. The molecule has 0 spiro atoms. The molecule has 1 atom stereocenters. The van der Waals surface area contributed by atoms with Crippen molar-refractivity contribution in [3.63, 3.8) is 0 Å². The molecule has 0 saturated heterocycles. The number of hydrogen-bond acceptors (Lipinski definition) is 1. The molecule has 0 N–H and O–H groups in total. The third kappa shape index (κ3) is 6.33. The largest absolute Gasteiger partial charge is 0.501 e. The first-order valence-electron chi connectivity index (χ1n) is 3.17. The van der Waals surface area contributed by atoms with Gasteiger partial charge in [0.2, 0.25) is 0 Å². The molecule has 0 amide bonds. The molecule has 1 nitrogen and oxygen atoms in total. The lowest BCUT2D eigenvalue weighted by atomic mass is 10.4. The summed E-state index contributed by atoms with van der Waals surface area (Å²) in [5.74, 6) is 2.77. The summed E-state index contributed by atoms with van der Waals surface area (Å²) in [6.07, 6.45) is 5.76. The normalized spacial score (nSPS) is 14.2. The Morgan fingerprint density at radius 2 is 2.09 bits per heavy atom. The van der Waals surface area contributed by atoms with Gasteiger partial charge in [-0.25, -0.2) is 0 Å². The Morgan fingerprint density at radius 1 is 1.45 bits per heavy atom. The summed E-state index contributed by atoms with van der Waals surface area (Å²) in [5, 5.41) is 0. The number of hydrogen-bond donors (Lipinski definition) is 0. The van der Waals surface area contributed by atoms with Crippen LogP contribution in [0, 0.1) is 0 Å². The molecule has 0 aromatic rings. The second-order valence-corrected chi connectivity index (χ2v) is 3.19. The minimum Gasteiger partial charge on any atom is -0.501 e. The predicted octanol–water partition coefficient (Wildman–Crippen LogP) is 3.20. The lowest BCUT2D eigenvalue weighted by Crippen LogP contribution is -1.76. The molecular weight excluding hydrogens is 223 g/mol. The Morgan fingerprint density at radius 3 is 2.55 bits per heavy atom. The molecule has 0 heterocycles. The van der Waals surface area contributed by atoms with Crippen LogP contribution in [0.4, 0.5) is 0 Å². The van der Waals surface area contributed by atoms with Gasteiger partial charge >= 0.3 is 0 Å². The summed E-state index contributed by atoms with van der Waals surface area (Å²) in [5.41, 5.74) is 0. The van der Waals surface area contributed by atoms with E-state index in [-0.39, 0.29) is 0 Å². The fraction of sp³-hybridized carbons (Fsp3) is 0.250. The average Bonchev–Trinajstić information content (AvgIpc) is 2.01. The monoisotopic (exact) mass is 234 g/mol. The van der Waals surface area contributed by atoms with E-state index in [0.717, 1.165) is 10.2 Å². The van der Waals surface area contributed by atoms with Gasteiger partial charge in [-0.15, -0.1) is 9.24 Å². The van der Waals surface area contributed by atoms with Gasteiger partial charge in [0, 0.05) is 4.48 Å². The van der Waals surface area contributed by atoms with Crippen molar-refractivity contribution in [3.05, 3.63) is 34.3 Å². The summed E-state index contributed by atoms with van der Waals surface area (Å²) in [6.45, 7) is 1.90. The maximum atomic E-state index is 4.95. The first-order chi connectivity index (χ1) is 5.20. The summed E-state index contributed by atoms with van der Waals surface area (Å²) in [7, 11) is 4.16. The third-order valence-corrected chi connectivity index (χ3v) is 1.78.